The molecule has 0 aliphatic carbocycles. The first-order valence-electron chi connectivity index (χ1n) is 22.8. The molecule has 28 heteroatoms. The van der Waals surface area contributed by atoms with Crippen LogP contribution in [0.1, 0.15) is 40.5 Å². The number of aliphatic carboxylic acids is 2. The number of aliphatic hydroxyl groups excluding tert-OH is 8. The molecule has 0 spiro atoms. The standard InChI is InChI=1S/C42H72N2O26/c1-17-25(43-19(3)45)33(67-41-31(53)29(51)35(59-5)37(69-41)39(55)56)27(49)23(65-17)15-63-13-21(47)11-61-9-7-8-10-62-12-22(48)14-64-16-24-28(50)34(26(18(2)66-24)44-20(4)46)68-42-32(54)30(52)36(60-6)38(70-42)40(57)58/h17-18,21-38,41-42,47-54H,7-16H2,1-6H3,(H,43,45)(H,44,46)(H,55,56)(H,57,58)/t17-,18-,21?,22?,23?,24?,25+,26?,27+,28+,29?,30+,31?,32?,33?,34+,35-,36-,37?,38?,41+,42+/m0/s1. The fourth-order valence-corrected chi connectivity index (χ4v) is 8.45. The molecule has 2 amide bonds. The van der Waals surface area contributed by atoms with Gasteiger partial charge in [-0.25, -0.2) is 9.59 Å². The van der Waals surface area contributed by atoms with Gasteiger partial charge in [0, 0.05) is 41.3 Å². The molecule has 22 atom stereocenters. The average molecular weight is 1020 g/mol. The maximum Gasteiger partial charge on any atom is 0.335 e. The van der Waals surface area contributed by atoms with Crippen LogP contribution in [0, 0.1) is 0 Å². The lowest BCUT2D eigenvalue weighted by atomic mass is 9.92. The number of carboxylic acids is 2. The molecular weight excluding hydrogens is 948 g/mol. The summed E-state index contributed by atoms with van der Waals surface area (Å²) in [7, 11) is 2.27. The summed E-state index contributed by atoms with van der Waals surface area (Å²) in [6, 6.07) is -2.02. The van der Waals surface area contributed by atoms with Gasteiger partial charge in [-0.2, -0.15) is 0 Å². The van der Waals surface area contributed by atoms with Crippen molar-refractivity contribution in [1.82, 2.24) is 10.6 Å². The molecule has 406 valence electrons. The van der Waals surface area contributed by atoms with Crippen molar-refractivity contribution < 1.29 is 127 Å². The van der Waals surface area contributed by atoms with Crippen LogP contribution < -0.4 is 10.6 Å². The second-order valence-electron chi connectivity index (χ2n) is 17.5. The molecule has 0 radical (unpaired) electrons. The zero-order valence-electron chi connectivity index (χ0n) is 39.8. The number of methoxy groups -OCH3 is 2. The van der Waals surface area contributed by atoms with Gasteiger partial charge in [0.25, 0.3) is 0 Å². The zero-order valence-corrected chi connectivity index (χ0v) is 39.8. The topological polar surface area (TPSA) is 405 Å². The normalized spacial score (nSPS) is 38.9. The van der Waals surface area contributed by atoms with Gasteiger partial charge in [0.15, 0.2) is 24.8 Å². The molecule has 4 aliphatic rings. The fraction of sp³-hybridized carbons (Fsp3) is 0.905. The van der Waals surface area contributed by atoms with Gasteiger partial charge in [0.05, 0.1) is 63.9 Å². The van der Waals surface area contributed by atoms with Crippen LogP contribution >= 0.6 is 0 Å². The van der Waals surface area contributed by atoms with Gasteiger partial charge in [-0.3, -0.25) is 9.59 Å². The molecule has 0 aromatic rings. The third-order valence-corrected chi connectivity index (χ3v) is 12.0. The molecule has 4 fully saturated rings. The van der Waals surface area contributed by atoms with E-state index in [1.807, 2.05) is 0 Å². The third-order valence-electron chi connectivity index (χ3n) is 12.0. The molecule has 0 aromatic carbocycles. The number of carbonyl (C=O) groups excluding carboxylic acids is 2. The Kier molecular flexibility index (Phi) is 24.3. The van der Waals surface area contributed by atoms with Gasteiger partial charge in [-0.1, -0.05) is 0 Å². The van der Waals surface area contributed by atoms with Gasteiger partial charge >= 0.3 is 11.9 Å². The van der Waals surface area contributed by atoms with E-state index in [1.165, 1.54) is 13.8 Å². The van der Waals surface area contributed by atoms with Crippen molar-refractivity contribution in [2.75, 3.05) is 67.1 Å². The predicted octanol–water partition coefficient (Wildman–Crippen LogP) is -6.28. The van der Waals surface area contributed by atoms with E-state index < -0.39 is 158 Å². The predicted molar refractivity (Wildman–Crippen MR) is 228 cm³/mol. The van der Waals surface area contributed by atoms with Crippen molar-refractivity contribution >= 4 is 23.8 Å². The summed E-state index contributed by atoms with van der Waals surface area (Å²) in [4.78, 5) is 47.7. The highest BCUT2D eigenvalue weighted by atomic mass is 16.7. The van der Waals surface area contributed by atoms with E-state index in [9.17, 15) is 70.2 Å². The average Bonchev–Trinajstić information content (AvgIpc) is 3.29. The molecule has 4 aliphatic heterocycles. The van der Waals surface area contributed by atoms with Crippen LogP contribution in [0.5, 0.6) is 0 Å². The maximum atomic E-state index is 12.0. The lowest BCUT2D eigenvalue weighted by Gasteiger charge is -2.47. The smallest absolute Gasteiger partial charge is 0.335 e. The summed E-state index contributed by atoms with van der Waals surface area (Å²) in [5.74, 6) is -4.01. The molecule has 4 heterocycles. The molecule has 12 N–H and O–H groups in total. The number of carboxylic acid groups (broad SMARTS) is 2. The minimum Gasteiger partial charge on any atom is -0.479 e. The van der Waals surface area contributed by atoms with E-state index in [4.69, 9.17) is 56.8 Å². The van der Waals surface area contributed by atoms with Crippen LogP contribution in [-0.2, 0) is 76.0 Å². The van der Waals surface area contributed by atoms with Gasteiger partial charge in [0.1, 0.15) is 85.5 Å². The lowest BCUT2D eigenvalue weighted by Crippen LogP contribution is -2.67. The molecule has 0 bridgehead atoms. The van der Waals surface area contributed by atoms with E-state index in [-0.39, 0.29) is 52.9 Å². The number of ether oxygens (including phenoxy) is 12. The zero-order chi connectivity index (χ0) is 52.0. The minimum absolute atomic E-state index is 0.109. The summed E-state index contributed by atoms with van der Waals surface area (Å²) < 4.78 is 66.5. The molecule has 11 unspecified atom stereocenters. The van der Waals surface area contributed by atoms with Gasteiger partial charge < -0.3 is 119 Å². The quantitative estimate of drug-likeness (QED) is 0.0341. The van der Waals surface area contributed by atoms with Crippen molar-refractivity contribution in [3.63, 3.8) is 0 Å². The van der Waals surface area contributed by atoms with Crippen molar-refractivity contribution in [2.24, 2.45) is 0 Å². The van der Waals surface area contributed by atoms with Crippen LogP contribution in [0.4, 0.5) is 0 Å². The van der Waals surface area contributed by atoms with E-state index in [0.29, 0.717) is 12.8 Å². The highest BCUT2D eigenvalue weighted by Crippen LogP contribution is 2.32. The second-order valence-corrected chi connectivity index (χ2v) is 17.5. The third kappa shape index (κ3) is 16.3. The van der Waals surface area contributed by atoms with Crippen molar-refractivity contribution in [2.45, 2.75) is 175 Å². The first-order valence-corrected chi connectivity index (χ1v) is 22.8. The van der Waals surface area contributed by atoms with Crippen molar-refractivity contribution in [3.05, 3.63) is 0 Å². The number of rotatable bonds is 27. The number of aliphatic hydroxyl groups is 8. The van der Waals surface area contributed by atoms with Gasteiger partial charge in [-0.05, 0) is 26.7 Å². The van der Waals surface area contributed by atoms with Crippen molar-refractivity contribution in [1.29, 1.82) is 0 Å². The van der Waals surface area contributed by atoms with Crippen LogP contribution in [-0.4, -0.2) is 276 Å². The van der Waals surface area contributed by atoms with E-state index >= 15 is 0 Å². The SMILES string of the molecule is CO[C@@H]1C(C(=O)O)O[C@@H](OC2[C@H](O)C(COCC(O)COCCCCOCC(O)COCC3O[C@@H](C)C(NC(C)=O)[C@@H](O[C@@H]4OC(C(=O)O)[C@@H](OC)[C@H](O)C4O)[C@@H]3O)O[C@@H](C)[C@H]2NC(C)=O)C(O)C1O. The second kappa shape index (κ2) is 28.5. The Morgan fingerprint density at radius 3 is 1.17 bits per heavy atom. The Morgan fingerprint density at radius 1 is 0.514 bits per heavy atom. The largest absolute Gasteiger partial charge is 0.479 e. The van der Waals surface area contributed by atoms with Crippen molar-refractivity contribution in [3.8, 4) is 0 Å². The van der Waals surface area contributed by atoms with Crippen LogP contribution in [0.3, 0.4) is 0 Å². The number of carbonyl (C=O) groups is 4. The number of unbranched alkanes of at least 4 members (excludes halogenated alkanes) is 1. The minimum atomic E-state index is -1.80. The highest BCUT2D eigenvalue weighted by molar-refractivity contribution is 5.74. The number of amides is 2. The Hall–Kier alpha value is -2.92. The van der Waals surface area contributed by atoms with Gasteiger partial charge in [0.2, 0.25) is 11.8 Å². The molecule has 0 aromatic heterocycles. The molecule has 4 rings (SSSR count). The number of hydrogen-bond acceptors (Lipinski definition) is 24. The summed E-state index contributed by atoms with van der Waals surface area (Å²) in [6.07, 6.45) is -27.6. The fourth-order valence-electron chi connectivity index (χ4n) is 8.45. The molecule has 28 nitrogen and oxygen atoms in total. The van der Waals surface area contributed by atoms with Crippen LogP contribution in [0.15, 0.2) is 0 Å². The first-order chi connectivity index (χ1) is 33.1. The van der Waals surface area contributed by atoms with E-state index in [1.54, 1.807) is 13.8 Å². The highest BCUT2D eigenvalue weighted by Gasteiger charge is 2.54. The first kappa shape index (κ1) is 59.6. The van der Waals surface area contributed by atoms with E-state index in [2.05, 4.69) is 10.6 Å². The number of hydrogen-bond donors (Lipinski definition) is 12. The Morgan fingerprint density at radius 2 is 0.857 bits per heavy atom. The summed E-state index contributed by atoms with van der Waals surface area (Å²) in [5.41, 5.74) is 0. The molecule has 70 heavy (non-hydrogen) atoms. The molecule has 4 saturated heterocycles. The van der Waals surface area contributed by atoms with E-state index in [0.717, 1.165) is 14.2 Å². The monoisotopic (exact) mass is 1020 g/mol. The van der Waals surface area contributed by atoms with Crippen LogP contribution in [0.2, 0.25) is 0 Å². The lowest BCUT2D eigenvalue weighted by molar-refractivity contribution is -0.328. The summed E-state index contributed by atoms with van der Waals surface area (Å²) >= 11 is 0. The van der Waals surface area contributed by atoms with Crippen LogP contribution in [0.25, 0.3) is 0 Å². The summed E-state index contributed by atoms with van der Waals surface area (Å²) in [6.45, 7) is 4.87. The number of nitrogens with one attached hydrogen (secondary N) is 2. The summed E-state index contributed by atoms with van der Waals surface area (Å²) in [5, 5.41) is 110. The Labute approximate surface area is 403 Å². The Balaban J connectivity index is 1.13. The molecule has 0 saturated carbocycles. The van der Waals surface area contributed by atoms with Gasteiger partial charge in [-0.15, -0.1) is 0 Å². The molecular formula is C42H72N2O26. The Bertz CT molecular complexity index is 1510. The maximum absolute atomic E-state index is 12.0.